The largest absolute Gasteiger partial charge is 0.594 e. The van der Waals surface area contributed by atoms with Crippen LogP contribution in [-0.4, -0.2) is 24.6 Å². The van der Waals surface area contributed by atoms with Gasteiger partial charge in [-0.15, -0.1) is 0 Å². The topological polar surface area (TPSA) is 65.0 Å². The number of phenols is 1. The Morgan fingerprint density at radius 1 is 1.12 bits per heavy atom. The van der Waals surface area contributed by atoms with Crippen molar-refractivity contribution in [1.29, 1.82) is 0 Å². The second-order valence-electron chi connectivity index (χ2n) is 6.42. The lowest BCUT2D eigenvalue weighted by atomic mass is 9.83. The molecular weight excluding hydrogens is 319 g/mol. The normalized spacial score (nSPS) is 18.0. The number of phenolic OH excluding ortho intramolecular Hbond substituents is 1. The van der Waals surface area contributed by atoms with Crippen LogP contribution in [0.5, 0.6) is 23.0 Å². The standard InChI is InChI=1S/C19H19BO5/c1-2-3-8-20-24-17-9-14-16(10-18(17)25-20)23-11-15(19(14)22)12-4-6-13(21)7-5-12/h4-7,9-10,15,21H,2-3,8,11H2,1H3. The van der Waals surface area contributed by atoms with E-state index in [1.807, 2.05) is 0 Å². The lowest BCUT2D eigenvalue weighted by Crippen LogP contribution is -2.25. The fourth-order valence-corrected chi connectivity index (χ4v) is 3.22. The number of ether oxygens (including phenoxy) is 1. The van der Waals surface area contributed by atoms with E-state index in [0.717, 1.165) is 24.7 Å². The van der Waals surface area contributed by atoms with E-state index in [2.05, 4.69) is 6.92 Å². The first-order valence-electron chi connectivity index (χ1n) is 8.63. The second-order valence-corrected chi connectivity index (χ2v) is 6.42. The maximum atomic E-state index is 12.9. The third-order valence-corrected chi connectivity index (χ3v) is 4.64. The molecule has 0 aliphatic carbocycles. The van der Waals surface area contributed by atoms with Gasteiger partial charge in [0.05, 0.1) is 11.5 Å². The minimum absolute atomic E-state index is 0.00431. The quantitative estimate of drug-likeness (QED) is 0.859. The molecule has 0 amide bonds. The van der Waals surface area contributed by atoms with E-state index in [1.54, 1.807) is 36.4 Å². The first-order chi connectivity index (χ1) is 12.2. The highest BCUT2D eigenvalue weighted by Crippen LogP contribution is 2.43. The molecule has 0 bridgehead atoms. The van der Waals surface area contributed by atoms with Crippen LogP contribution in [0.3, 0.4) is 0 Å². The van der Waals surface area contributed by atoms with E-state index in [4.69, 9.17) is 14.0 Å². The van der Waals surface area contributed by atoms with Gasteiger partial charge in [-0.1, -0.05) is 31.9 Å². The number of fused-ring (bicyclic) bond motifs is 2. The van der Waals surface area contributed by atoms with E-state index < -0.39 is 0 Å². The summed E-state index contributed by atoms with van der Waals surface area (Å²) in [6.45, 7) is 2.40. The number of aromatic hydroxyl groups is 1. The smallest absolute Gasteiger partial charge is 0.523 e. The van der Waals surface area contributed by atoms with Crippen molar-refractivity contribution >= 4 is 12.9 Å². The SMILES string of the molecule is CCCCB1Oc2cc3c(cc2O1)C(=O)C(c1ccc(O)cc1)CO3. The molecule has 1 unspecified atom stereocenters. The van der Waals surface area contributed by atoms with Crippen molar-refractivity contribution in [1.82, 2.24) is 0 Å². The van der Waals surface area contributed by atoms with Crippen LogP contribution in [0.2, 0.25) is 6.32 Å². The van der Waals surface area contributed by atoms with Crippen LogP contribution in [-0.2, 0) is 0 Å². The van der Waals surface area contributed by atoms with Crippen LogP contribution in [0, 0.1) is 0 Å². The molecule has 0 spiro atoms. The predicted octanol–water partition coefficient (Wildman–Crippen LogP) is 3.81. The van der Waals surface area contributed by atoms with E-state index >= 15 is 0 Å². The average molecular weight is 338 g/mol. The second kappa shape index (κ2) is 6.35. The van der Waals surface area contributed by atoms with Gasteiger partial charge < -0.3 is 19.2 Å². The van der Waals surface area contributed by atoms with Crippen molar-refractivity contribution in [3.8, 4) is 23.0 Å². The molecule has 2 aromatic rings. The van der Waals surface area contributed by atoms with Gasteiger partial charge in [-0.05, 0) is 23.8 Å². The van der Waals surface area contributed by atoms with Gasteiger partial charge in [0.2, 0.25) is 0 Å². The van der Waals surface area contributed by atoms with Crippen LogP contribution < -0.4 is 14.0 Å². The molecule has 2 aliphatic rings. The van der Waals surface area contributed by atoms with Crippen LogP contribution >= 0.6 is 0 Å². The zero-order valence-corrected chi connectivity index (χ0v) is 14.0. The molecule has 1 N–H and O–H groups in total. The molecule has 1 atom stereocenters. The summed E-state index contributed by atoms with van der Waals surface area (Å²) in [6.07, 6.45) is 2.92. The monoisotopic (exact) mass is 338 g/mol. The summed E-state index contributed by atoms with van der Waals surface area (Å²) >= 11 is 0. The van der Waals surface area contributed by atoms with E-state index in [0.29, 0.717) is 22.8 Å². The summed E-state index contributed by atoms with van der Waals surface area (Å²) < 4.78 is 17.4. The van der Waals surface area contributed by atoms with Crippen molar-refractivity contribution in [2.45, 2.75) is 32.0 Å². The fraction of sp³-hybridized carbons (Fsp3) is 0.316. The van der Waals surface area contributed by atoms with E-state index in [9.17, 15) is 9.90 Å². The number of benzene rings is 2. The minimum atomic E-state index is -0.385. The highest BCUT2D eigenvalue weighted by atomic mass is 16.6. The summed E-state index contributed by atoms with van der Waals surface area (Å²) in [6, 6.07) is 10.1. The molecule has 25 heavy (non-hydrogen) atoms. The average Bonchev–Trinajstić information content (AvgIpc) is 3.01. The molecule has 4 rings (SSSR count). The highest BCUT2D eigenvalue weighted by molar-refractivity contribution is 6.47. The van der Waals surface area contributed by atoms with E-state index in [-0.39, 0.29) is 31.2 Å². The van der Waals surface area contributed by atoms with Gasteiger partial charge in [0.15, 0.2) is 5.78 Å². The van der Waals surface area contributed by atoms with Gasteiger partial charge in [0, 0.05) is 12.4 Å². The van der Waals surface area contributed by atoms with E-state index in [1.165, 1.54) is 0 Å². The molecule has 2 heterocycles. The fourth-order valence-electron chi connectivity index (χ4n) is 3.22. The van der Waals surface area contributed by atoms with Crippen molar-refractivity contribution in [3.63, 3.8) is 0 Å². The summed E-state index contributed by atoms with van der Waals surface area (Å²) in [5, 5.41) is 9.42. The molecule has 6 heteroatoms. The molecule has 0 aromatic heterocycles. The number of rotatable bonds is 4. The Hall–Kier alpha value is -2.63. The third-order valence-electron chi connectivity index (χ3n) is 4.64. The van der Waals surface area contributed by atoms with Crippen molar-refractivity contribution < 1.29 is 23.9 Å². The van der Waals surface area contributed by atoms with Gasteiger partial charge in [-0.25, -0.2) is 0 Å². The summed E-state index contributed by atoms with van der Waals surface area (Å²) in [4.78, 5) is 12.9. The van der Waals surface area contributed by atoms with Crippen LogP contribution in [0.25, 0.3) is 0 Å². The van der Waals surface area contributed by atoms with Crippen LogP contribution in [0.1, 0.15) is 41.6 Å². The zero-order valence-electron chi connectivity index (χ0n) is 14.0. The predicted molar refractivity (Wildman–Crippen MR) is 93.8 cm³/mol. The Bertz CT molecular complexity index is 802. The molecule has 2 aromatic carbocycles. The Labute approximate surface area is 146 Å². The molecular formula is C19H19BO5. The van der Waals surface area contributed by atoms with Crippen LogP contribution in [0.15, 0.2) is 36.4 Å². The zero-order chi connectivity index (χ0) is 17.4. The van der Waals surface area contributed by atoms with Gasteiger partial charge in [0.25, 0.3) is 0 Å². The molecule has 2 aliphatic heterocycles. The molecule has 5 nitrogen and oxygen atoms in total. The Morgan fingerprint density at radius 2 is 1.84 bits per heavy atom. The number of carbonyl (C=O) groups excluding carboxylic acids is 1. The van der Waals surface area contributed by atoms with Crippen molar-refractivity contribution in [3.05, 3.63) is 47.5 Å². The number of unbranched alkanes of at least 4 members (excludes halogenated alkanes) is 1. The van der Waals surface area contributed by atoms with Gasteiger partial charge in [-0.3, -0.25) is 4.79 Å². The number of hydrogen-bond acceptors (Lipinski definition) is 5. The maximum absolute atomic E-state index is 12.9. The van der Waals surface area contributed by atoms with Crippen molar-refractivity contribution in [2.24, 2.45) is 0 Å². The molecule has 0 saturated heterocycles. The Balaban J connectivity index is 1.59. The molecule has 0 fully saturated rings. The first-order valence-corrected chi connectivity index (χ1v) is 8.63. The highest BCUT2D eigenvalue weighted by Gasteiger charge is 2.36. The Morgan fingerprint density at radius 3 is 2.56 bits per heavy atom. The number of Topliss-reactive ketones (excluding diaryl/α,β-unsaturated/α-hetero) is 1. The maximum Gasteiger partial charge on any atom is 0.594 e. The lowest BCUT2D eigenvalue weighted by molar-refractivity contribution is 0.0896. The summed E-state index contributed by atoms with van der Waals surface area (Å²) in [7, 11) is -0.290. The summed E-state index contributed by atoms with van der Waals surface area (Å²) in [5.41, 5.74) is 1.34. The summed E-state index contributed by atoms with van der Waals surface area (Å²) in [5.74, 6) is 1.56. The number of ketones is 1. The lowest BCUT2D eigenvalue weighted by Gasteiger charge is -2.24. The van der Waals surface area contributed by atoms with Crippen molar-refractivity contribution in [2.75, 3.05) is 6.61 Å². The third kappa shape index (κ3) is 2.93. The van der Waals surface area contributed by atoms with Gasteiger partial charge in [-0.2, -0.15) is 0 Å². The molecule has 0 saturated carbocycles. The van der Waals surface area contributed by atoms with Gasteiger partial charge in [0.1, 0.15) is 29.6 Å². The minimum Gasteiger partial charge on any atom is -0.523 e. The van der Waals surface area contributed by atoms with Gasteiger partial charge >= 0.3 is 7.12 Å². The number of hydrogen-bond donors (Lipinski definition) is 1. The molecule has 128 valence electrons. The molecule has 0 radical (unpaired) electrons. The first kappa shape index (κ1) is 15.9. The van der Waals surface area contributed by atoms with Crippen LogP contribution in [0.4, 0.5) is 0 Å². The Kier molecular flexibility index (Phi) is 4.03. The number of carbonyl (C=O) groups is 1.